The van der Waals surface area contributed by atoms with Crippen molar-refractivity contribution in [2.24, 2.45) is 0 Å². The number of piperazine rings is 1. The van der Waals surface area contributed by atoms with Crippen LogP contribution in [0.4, 0.5) is 0 Å². The predicted molar refractivity (Wildman–Crippen MR) is 90.6 cm³/mol. The Kier molecular flexibility index (Phi) is 7.03. The second-order valence-corrected chi connectivity index (χ2v) is 6.57. The highest BCUT2D eigenvalue weighted by atomic mass is 35.5. The van der Waals surface area contributed by atoms with Crippen molar-refractivity contribution < 1.29 is 0 Å². The number of nitrogens with zero attached hydrogens (tertiary/aromatic N) is 2. The molecule has 0 spiro atoms. The van der Waals surface area contributed by atoms with Gasteiger partial charge in [-0.25, -0.2) is 4.98 Å². The number of aromatic nitrogens is 1. The van der Waals surface area contributed by atoms with Gasteiger partial charge in [0.25, 0.3) is 0 Å². The zero-order valence-electron chi connectivity index (χ0n) is 12.3. The molecule has 0 amide bonds. The van der Waals surface area contributed by atoms with E-state index in [1.807, 2.05) is 0 Å². The Morgan fingerprint density at radius 2 is 1.95 bits per heavy atom. The summed E-state index contributed by atoms with van der Waals surface area (Å²) in [6.45, 7) is 6.21. The van der Waals surface area contributed by atoms with E-state index < -0.39 is 0 Å². The Hall–Kier alpha value is -0.0600. The van der Waals surface area contributed by atoms with Crippen LogP contribution in [-0.4, -0.2) is 36.1 Å². The molecule has 1 saturated heterocycles. The average Bonchev–Trinajstić information content (AvgIpc) is 2.51. The molecule has 1 atom stereocenters. The zero-order valence-corrected chi connectivity index (χ0v) is 14.6. The molecule has 0 bridgehead atoms. The largest absolute Gasteiger partial charge is 0.314 e. The number of hydrogen-bond acceptors (Lipinski definition) is 3. The maximum Gasteiger partial charge on any atom is 0.148 e. The molecule has 1 aromatic rings. The Morgan fingerprint density at radius 1 is 1.24 bits per heavy atom. The van der Waals surface area contributed by atoms with Gasteiger partial charge in [0, 0.05) is 44.0 Å². The third-order valence-corrected chi connectivity index (χ3v) is 5.04. The number of pyridine rings is 1. The van der Waals surface area contributed by atoms with Gasteiger partial charge < -0.3 is 5.32 Å². The molecule has 21 heavy (non-hydrogen) atoms. The number of nitrogens with one attached hydrogen (secondary N) is 1. The van der Waals surface area contributed by atoms with Crippen LogP contribution in [0.1, 0.15) is 44.2 Å². The van der Waals surface area contributed by atoms with Gasteiger partial charge in [-0.3, -0.25) is 4.90 Å². The summed E-state index contributed by atoms with van der Waals surface area (Å²) in [4.78, 5) is 6.49. The first-order valence-corrected chi connectivity index (χ1v) is 8.72. The Bertz CT molecular complexity index is 462. The van der Waals surface area contributed by atoms with Crippen molar-refractivity contribution in [2.45, 2.75) is 38.6 Å². The van der Waals surface area contributed by atoms with Crippen molar-refractivity contribution in [3.63, 3.8) is 0 Å². The number of halogens is 3. The smallest absolute Gasteiger partial charge is 0.148 e. The number of unbranched alkanes of at least 4 members (excludes halogenated alkanes) is 2. The molecule has 0 saturated carbocycles. The van der Waals surface area contributed by atoms with Gasteiger partial charge in [-0.2, -0.15) is 0 Å². The predicted octanol–water partition coefficient (Wildman–Crippen LogP) is 4.57. The standard InChI is InChI=1S/C15H22Cl3N3/c1-2-3-4-5-12(21-8-6-19-7-9-21)13-11(16)10-20-15(18)14(13)17/h10,12,19H,2-9H2,1H3/t12-/m1/s1. The van der Waals surface area contributed by atoms with E-state index in [-0.39, 0.29) is 6.04 Å². The minimum absolute atomic E-state index is 0.221. The Labute approximate surface area is 142 Å². The fourth-order valence-corrected chi connectivity index (χ4v) is 3.60. The quantitative estimate of drug-likeness (QED) is 0.602. The van der Waals surface area contributed by atoms with Gasteiger partial charge in [-0.05, 0) is 6.42 Å². The summed E-state index contributed by atoms with van der Waals surface area (Å²) < 4.78 is 0. The van der Waals surface area contributed by atoms with Gasteiger partial charge in [0.05, 0.1) is 10.0 Å². The van der Waals surface area contributed by atoms with E-state index in [0.29, 0.717) is 15.2 Å². The summed E-state index contributed by atoms with van der Waals surface area (Å²) in [7, 11) is 0. The molecule has 1 aliphatic rings. The van der Waals surface area contributed by atoms with Crippen LogP contribution in [0.3, 0.4) is 0 Å². The van der Waals surface area contributed by atoms with Gasteiger partial charge >= 0.3 is 0 Å². The lowest BCUT2D eigenvalue weighted by atomic mass is 9.99. The molecule has 2 rings (SSSR count). The third kappa shape index (κ3) is 4.46. The summed E-state index contributed by atoms with van der Waals surface area (Å²) in [5.74, 6) is 0. The highest BCUT2D eigenvalue weighted by molar-refractivity contribution is 6.43. The fourth-order valence-electron chi connectivity index (χ4n) is 2.85. The van der Waals surface area contributed by atoms with Crippen molar-refractivity contribution in [3.05, 3.63) is 27.0 Å². The lowest BCUT2D eigenvalue weighted by Gasteiger charge is -2.36. The van der Waals surface area contributed by atoms with E-state index in [1.54, 1.807) is 6.20 Å². The highest BCUT2D eigenvalue weighted by Crippen LogP contribution is 2.39. The normalized spacial score (nSPS) is 17.9. The van der Waals surface area contributed by atoms with Crippen LogP contribution in [0, 0.1) is 0 Å². The van der Waals surface area contributed by atoms with E-state index in [0.717, 1.165) is 44.6 Å². The molecule has 2 heterocycles. The van der Waals surface area contributed by atoms with Crippen LogP contribution in [0.5, 0.6) is 0 Å². The molecule has 3 nitrogen and oxygen atoms in total. The topological polar surface area (TPSA) is 28.2 Å². The molecule has 1 aromatic heterocycles. The molecule has 1 fully saturated rings. The minimum Gasteiger partial charge on any atom is -0.314 e. The second-order valence-electron chi connectivity index (χ2n) is 5.42. The maximum absolute atomic E-state index is 6.40. The van der Waals surface area contributed by atoms with Gasteiger partial charge in [0.2, 0.25) is 0 Å². The van der Waals surface area contributed by atoms with Gasteiger partial charge in [-0.1, -0.05) is 61.0 Å². The van der Waals surface area contributed by atoms with E-state index in [9.17, 15) is 0 Å². The lowest BCUT2D eigenvalue weighted by Crippen LogP contribution is -2.45. The number of hydrogen-bond donors (Lipinski definition) is 1. The molecule has 0 aromatic carbocycles. The summed E-state index contributed by atoms with van der Waals surface area (Å²) in [5.41, 5.74) is 0.941. The highest BCUT2D eigenvalue weighted by Gasteiger charge is 2.27. The second kappa shape index (κ2) is 8.54. The van der Waals surface area contributed by atoms with Crippen molar-refractivity contribution in [2.75, 3.05) is 26.2 Å². The van der Waals surface area contributed by atoms with Crippen molar-refractivity contribution >= 4 is 34.8 Å². The molecule has 6 heteroatoms. The van der Waals surface area contributed by atoms with Gasteiger partial charge in [0.15, 0.2) is 0 Å². The monoisotopic (exact) mass is 349 g/mol. The first kappa shape index (κ1) is 17.3. The molecule has 1 N–H and O–H groups in total. The van der Waals surface area contributed by atoms with Crippen LogP contribution >= 0.6 is 34.8 Å². The first-order chi connectivity index (χ1) is 10.1. The van der Waals surface area contributed by atoms with Crippen LogP contribution < -0.4 is 5.32 Å². The average molecular weight is 351 g/mol. The van der Waals surface area contributed by atoms with Crippen molar-refractivity contribution in [3.8, 4) is 0 Å². The summed E-state index contributed by atoms with van der Waals surface area (Å²) in [6.07, 6.45) is 6.24. The summed E-state index contributed by atoms with van der Waals surface area (Å²) in [5, 5.41) is 4.84. The lowest BCUT2D eigenvalue weighted by molar-refractivity contribution is 0.163. The van der Waals surface area contributed by atoms with Crippen LogP contribution in [-0.2, 0) is 0 Å². The van der Waals surface area contributed by atoms with E-state index in [1.165, 1.54) is 12.8 Å². The van der Waals surface area contributed by atoms with E-state index in [2.05, 4.69) is 22.1 Å². The first-order valence-electron chi connectivity index (χ1n) is 7.59. The molecule has 0 radical (unpaired) electrons. The molecule has 1 aliphatic heterocycles. The molecular weight excluding hydrogens is 329 g/mol. The maximum atomic E-state index is 6.40. The number of rotatable bonds is 6. The fraction of sp³-hybridized carbons (Fsp3) is 0.667. The van der Waals surface area contributed by atoms with Crippen LogP contribution in [0.2, 0.25) is 15.2 Å². The SMILES string of the molecule is CCCCC[C@H](c1c(Cl)cnc(Cl)c1Cl)N1CCNCC1. The van der Waals surface area contributed by atoms with Crippen molar-refractivity contribution in [1.29, 1.82) is 0 Å². The molecule has 118 valence electrons. The molecular formula is C15H22Cl3N3. The van der Waals surface area contributed by atoms with Crippen LogP contribution in [0.15, 0.2) is 6.20 Å². The van der Waals surface area contributed by atoms with Crippen molar-refractivity contribution in [1.82, 2.24) is 15.2 Å². The van der Waals surface area contributed by atoms with E-state index in [4.69, 9.17) is 34.8 Å². The molecule has 0 aliphatic carbocycles. The third-order valence-electron chi connectivity index (χ3n) is 3.97. The Morgan fingerprint density at radius 3 is 2.62 bits per heavy atom. The summed E-state index contributed by atoms with van der Waals surface area (Å²) >= 11 is 18.9. The zero-order chi connectivity index (χ0) is 15.2. The summed E-state index contributed by atoms with van der Waals surface area (Å²) in [6, 6.07) is 0.221. The van der Waals surface area contributed by atoms with Crippen LogP contribution in [0.25, 0.3) is 0 Å². The Balaban J connectivity index is 2.27. The van der Waals surface area contributed by atoms with Gasteiger partial charge in [-0.15, -0.1) is 0 Å². The minimum atomic E-state index is 0.221. The molecule has 0 unspecified atom stereocenters. The van der Waals surface area contributed by atoms with Gasteiger partial charge in [0.1, 0.15) is 5.15 Å². The van der Waals surface area contributed by atoms with E-state index >= 15 is 0 Å².